The summed E-state index contributed by atoms with van der Waals surface area (Å²) in [6, 6.07) is 0.623. The van der Waals surface area contributed by atoms with Crippen molar-refractivity contribution in [2.75, 3.05) is 6.54 Å². The van der Waals surface area contributed by atoms with Crippen molar-refractivity contribution >= 4 is 15.9 Å². The van der Waals surface area contributed by atoms with Gasteiger partial charge in [-0.3, -0.25) is 4.68 Å². The van der Waals surface area contributed by atoms with E-state index in [0.29, 0.717) is 19.0 Å². The van der Waals surface area contributed by atoms with Gasteiger partial charge in [-0.25, -0.2) is 0 Å². The van der Waals surface area contributed by atoms with Crippen LogP contribution in [-0.2, 0) is 19.9 Å². The van der Waals surface area contributed by atoms with Gasteiger partial charge in [0, 0.05) is 26.1 Å². The number of nitrogens with zero attached hydrogens (tertiary/aromatic N) is 2. The van der Waals surface area contributed by atoms with Crippen LogP contribution in [0, 0.1) is 0 Å². The molecule has 1 heterocycles. The van der Waals surface area contributed by atoms with Gasteiger partial charge in [0.2, 0.25) is 0 Å². The molecule has 0 saturated heterocycles. The van der Waals surface area contributed by atoms with Crippen LogP contribution < -0.4 is 5.32 Å². The molecule has 1 unspecified atom stereocenters. The summed E-state index contributed by atoms with van der Waals surface area (Å²) in [5.41, 5.74) is 1.39. The minimum Gasteiger partial charge on any atom is -0.388 e. The maximum Gasteiger partial charge on any atom is 0.0799 e. The highest BCUT2D eigenvalue weighted by Crippen LogP contribution is 2.26. The SMILES string of the molecule is CCc1nn(C)c(CC(C)(O)CNC2CC2)c1Br. The summed E-state index contributed by atoms with van der Waals surface area (Å²) in [4.78, 5) is 0. The highest BCUT2D eigenvalue weighted by atomic mass is 79.9. The quantitative estimate of drug-likeness (QED) is 0.841. The number of aromatic nitrogens is 2. The third-order valence-corrected chi connectivity index (χ3v) is 4.32. The largest absolute Gasteiger partial charge is 0.388 e. The molecule has 5 heteroatoms. The predicted molar refractivity (Wildman–Crippen MR) is 75.6 cm³/mol. The second-order valence-electron chi connectivity index (χ2n) is 5.51. The lowest BCUT2D eigenvalue weighted by atomic mass is 9.99. The lowest BCUT2D eigenvalue weighted by Gasteiger charge is -2.24. The lowest BCUT2D eigenvalue weighted by molar-refractivity contribution is 0.0577. The van der Waals surface area contributed by atoms with Gasteiger partial charge in [-0.2, -0.15) is 5.10 Å². The summed E-state index contributed by atoms with van der Waals surface area (Å²) >= 11 is 3.59. The van der Waals surface area contributed by atoms with E-state index in [-0.39, 0.29) is 0 Å². The van der Waals surface area contributed by atoms with Gasteiger partial charge in [-0.15, -0.1) is 0 Å². The van der Waals surface area contributed by atoms with E-state index < -0.39 is 5.60 Å². The van der Waals surface area contributed by atoms with Crippen LogP contribution >= 0.6 is 15.9 Å². The van der Waals surface area contributed by atoms with Gasteiger partial charge < -0.3 is 10.4 Å². The van der Waals surface area contributed by atoms with Crippen molar-refractivity contribution in [3.63, 3.8) is 0 Å². The Morgan fingerprint density at radius 2 is 2.22 bits per heavy atom. The highest BCUT2D eigenvalue weighted by Gasteiger charge is 2.29. The number of rotatable bonds is 6. The zero-order valence-electron chi connectivity index (χ0n) is 11.3. The zero-order valence-corrected chi connectivity index (χ0v) is 12.9. The maximum absolute atomic E-state index is 10.5. The van der Waals surface area contributed by atoms with Gasteiger partial charge in [0.05, 0.1) is 21.5 Å². The van der Waals surface area contributed by atoms with E-state index in [2.05, 4.69) is 33.3 Å². The van der Waals surface area contributed by atoms with Crippen molar-refractivity contribution in [2.24, 2.45) is 7.05 Å². The number of hydrogen-bond donors (Lipinski definition) is 2. The fourth-order valence-electron chi connectivity index (χ4n) is 2.09. The first-order chi connectivity index (χ1) is 8.43. The van der Waals surface area contributed by atoms with Crippen LogP contribution in [0.15, 0.2) is 4.47 Å². The van der Waals surface area contributed by atoms with Crippen molar-refractivity contribution in [1.82, 2.24) is 15.1 Å². The van der Waals surface area contributed by atoms with E-state index in [0.717, 1.165) is 22.3 Å². The molecule has 2 N–H and O–H groups in total. The fourth-order valence-corrected chi connectivity index (χ4v) is 2.84. The molecule has 0 bridgehead atoms. The molecule has 2 rings (SSSR count). The van der Waals surface area contributed by atoms with Crippen LogP contribution in [0.2, 0.25) is 0 Å². The van der Waals surface area contributed by atoms with Crippen molar-refractivity contribution < 1.29 is 5.11 Å². The van der Waals surface area contributed by atoms with Crippen LogP contribution in [0.3, 0.4) is 0 Å². The number of hydrogen-bond acceptors (Lipinski definition) is 3. The average molecular weight is 316 g/mol. The molecular weight excluding hydrogens is 294 g/mol. The standard InChI is InChI=1S/C13H22BrN3O/c1-4-10-12(14)11(17(3)16-10)7-13(2,18)8-15-9-5-6-9/h9,15,18H,4-8H2,1-3H3. The first kappa shape index (κ1) is 14.0. The molecule has 0 spiro atoms. The summed E-state index contributed by atoms with van der Waals surface area (Å²) < 4.78 is 2.91. The van der Waals surface area contributed by atoms with Gasteiger partial charge in [0.25, 0.3) is 0 Å². The molecule has 1 aromatic heterocycles. The van der Waals surface area contributed by atoms with Crippen LogP contribution in [0.4, 0.5) is 0 Å². The molecule has 0 aliphatic heterocycles. The second-order valence-corrected chi connectivity index (χ2v) is 6.31. The Kier molecular flexibility index (Phi) is 4.14. The number of halogens is 1. The van der Waals surface area contributed by atoms with Gasteiger partial charge in [0.15, 0.2) is 0 Å². The van der Waals surface area contributed by atoms with Crippen molar-refractivity contribution in [2.45, 2.75) is 51.2 Å². The van der Waals surface area contributed by atoms with Gasteiger partial charge in [-0.1, -0.05) is 6.92 Å². The predicted octanol–water partition coefficient (Wildman–Crippen LogP) is 1.79. The lowest BCUT2D eigenvalue weighted by Crippen LogP contribution is -2.41. The topological polar surface area (TPSA) is 50.1 Å². The Bertz CT molecular complexity index is 424. The Morgan fingerprint density at radius 1 is 1.56 bits per heavy atom. The molecule has 4 nitrogen and oxygen atoms in total. The van der Waals surface area contributed by atoms with Gasteiger partial charge in [0.1, 0.15) is 0 Å². The normalized spacial score (nSPS) is 18.9. The van der Waals surface area contributed by atoms with E-state index in [1.807, 2.05) is 18.7 Å². The molecule has 1 aromatic rings. The zero-order chi connectivity index (χ0) is 13.3. The van der Waals surface area contributed by atoms with E-state index >= 15 is 0 Å². The summed E-state index contributed by atoms with van der Waals surface area (Å²) in [5.74, 6) is 0. The van der Waals surface area contributed by atoms with Crippen molar-refractivity contribution in [3.8, 4) is 0 Å². The van der Waals surface area contributed by atoms with E-state index in [9.17, 15) is 5.11 Å². The van der Waals surface area contributed by atoms with Crippen LogP contribution in [0.5, 0.6) is 0 Å². The Hall–Kier alpha value is -0.390. The molecule has 1 atom stereocenters. The summed E-state index contributed by atoms with van der Waals surface area (Å²) in [5, 5.41) is 18.3. The van der Waals surface area contributed by atoms with Crippen LogP contribution in [0.25, 0.3) is 0 Å². The minimum atomic E-state index is -0.732. The molecule has 18 heavy (non-hydrogen) atoms. The average Bonchev–Trinajstić information content (AvgIpc) is 3.09. The minimum absolute atomic E-state index is 0.608. The van der Waals surface area contributed by atoms with Crippen molar-refractivity contribution in [3.05, 3.63) is 15.9 Å². The fraction of sp³-hybridized carbons (Fsp3) is 0.769. The monoisotopic (exact) mass is 315 g/mol. The summed E-state index contributed by atoms with van der Waals surface area (Å²) in [6.45, 7) is 4.61. The Morgan fingerprint density at radius 3 is 2.72 bits per heavy atom. The highest BCUT2D eigenvalue weighted by molar-refractivity contribution is 9.10. The van der Waals surface area contributed by atoms with Gasteiger partial charge >= 0.3 is 0 Å². The second kappa shape index (κ2) is 5.31. The van der Waals surface area contributed by atoms with E-state index in [4.69, 9.17) is 0 Å². The third-order valence-electron chi connectivity index (χ3n) is 3.40. The molecular formula is C13H22BrN3O. The third kappa shape index (κ3) is 3.33. The molecule has 0 aromatic carbocycles. The maximum atomic E-state index is 10.5. The Labute approximate surface area is 117 Å². The number of aliphatic hydroxyl groups is 1. The number of aryl methyl sites for hydroxylation is 2. The molecule has 0 amide bonds. The smallest absolute Gasteiger partial charge is 0.0799 e. The van der Waals surface area contributed by atoms with Gasteiger partial charge in [-0.05, 0) is 42.1 Å². The first-order valence-electron chi connectivity index (χ1n) is 6.59. The van der Waals surface area contributed by atoms with Crippen LogP contribution in [-0.4, -0.2) is 33.1 Å². The van der Waals surface area contributed by atoms with Crippen LogP contribution in [0.1, 0.15) is 38.1 Å². The van der Waals surface area contributed by atoms with E-state index in [1.54, 1.807) is 0 Å². The molecule has 102 valence electrons. The summed E-state index contributed by atoms with van der Waals surface area (Å²) in [7, 11) is 1.93. The molecule has 1 aliphatic carbocycles. The Balaban J connectivity index is 2.04. The number of nitrogens with one attached hydrogen (secondary N) is 1. The molecule has 1 saturated carbocycles. The molecule has 1 aliphatic rings. The van der Waals surface area contributed by atoms with Crippen molar-refractivity contribution in [1.29, 1.82) is 0 Å². The van der Waals surface area contributed by atoms with E-state index in [1.165, 1.54) is 12.8 Å². The molecule has 1 fully saturated rings. The summed E-state index contributed by atoms with van der Waals surface area (Å²) in [6.07, 6.45) is 3.99. The molecule has 0 radical (unpaired) electrons. The first-order valence-corrected chi connectivity index (χ1v) is 7.38.